The van der Waals surface area contributed by atoms with Crippen molar-refractivity contribution in [2.75, 3.05) is 26.4 Å². The minimum Gasteiger partial charge on any atom is -0.489 e. The van der Waals surface area contributed by atoms with Crippen LogP contribution in [0.3, 0.4) is 0 Å². The Morgan fingerprint density at radius 1 is 0.542 bits per heavy atom. The SMILES string of the molecule is CC(=O)NCCOCCOc1c(-c2ccc(OCc3ccccc3)c(OCc3ccccc3)c2)oc2cc(OCc3ccccc3)cc(OCc3ccccc3)c2c1=O. The van der Waals surface area contributed by atoms with Crippen molar-refractivity contribution in [1.29, 1.82) is 0 Å². The first-order valence-electron chi connectivity index (χ1n) is 19.4. The number of benzene rings is 6. The molecule has 0 aliphatic heterocycles. The van der Waals surface area contributed by atoms with E-state index in [-0.39, 0.29) is 73.8 Å². The van der Waals surface area contributed by atoms with Gasteiger partial charge in [-0.3, -0.25) is 9.59 Å². The van der Waals surface area contributed by atoms with Crippen molar-refractivity contribution in [2.24, 2.45) is 0 Å². The lowest BCUT2D eigenvalue weighted by Gasteiger charge is -2.17. The minimum absolute atomic E-state index is 0.0252. The van der Waals surface area contributed by atoms with Crippen molar-refractivity contribution < 1.29 is 37.6 Å². The summed E-state index contributed by atoms with van der Waals surface area (Å²) in [5.41, 5.74) is 4.18. The molecule has 0 aliphatic rings. The fraction of sp³-hybridized carbons (Fsp3) is 0.184. The van der Waals surface area contributed by atoms with Crippen LogP contribution in [0.4, 0.5) is 0 Å². The van der Waals surface area contributed by atoms with Gasteiger partial charge in [0.15, 0.2) is 17.3 Å². The molecule has 1 amide bonds. The van der Waals surface area contributed by atoms with Gasteiger partial charge in [0.1, 0.15) is 55.5 Å². The third-order valence-electron chi connectivity index (χ3n) is 9.15. The molecule has 0 bridgehead atoms. The summed E-state index contributed by atoms with van der Waals surface area (Å²) < 4.78 is 43.9. The zero-order valence-electron chi connectivity index (χ0n) is 32.8. The fourth-order valence-corrected chi connectivity index (χ4v) is 6.19. The highest BCUT2D eigenvalue weighted by Gasteiger charge is 2.24. The summed E-state index contributed by atoms with van der Waals surface area (Å²) >= 11 is 0. The van der Waals surface area contributed by atoms with Crippen LogP contribution in [0.15, 0.2) is 161 Å². The van der Waals surface area contributed by atoms with Gasteiger partial charge in [0.25, 0.3) is 0 Å². The molecule has 0 atom stereocenters. The Labute approximate surface area is 342 Å². The van der Waals surface area contributed by atoms with E-state index in [0.717, 1.165) is 22.3 Å². The number of rotatable bonds is 20. The molecule has 10 heteroatoms. The van der Waals surface area contributed by atoms with Crippen LogP contribution < -0.4 is 34.4 Å². The second-order valence-electron chi connectivity index (χ2n) is 13.6. The van der Waals surface area contributed by atoms with Gasteiger partial charge in [-0.1, -0.05) is 121 Å². The smallest absolute Gasteiger partial charge is 0.239 e. The molecule has 300 valence electrons. The predicted molar refractivity (Wildman–Crippen MR) is 226 cm³/mol. The highest BCUT2D eigenvalue weighted by atomic mass is 16.5. The molecule has 0 saturated carbocycles. The van der Waals surface area contributed by atoms with Gasteiger partial charge in [-0.25, -0.2) is 0 Å². The fourth-order valence-electron chi connectivity index (χ4n) is 6.19. The van der Waals surface area contributed by atoms with Gasteiger partial charge in [-0.05, 0) is 40.5 Å². The van der Waals surface area contributed by atoms with Crippen molar-refractivity contribution >= 4 is 16.9 Å². The second-order valence-corrected chi connectivity index (χ2v) is 13.6. The van der Waals surface area contributed by atoms with E-state index in [9.17, 15) is 9.59 Å². The molecule has 0 aliphatic carbocycles. The quantitative estimate of drug-likeness (QED) is 0.0755. The average molecular weight is 792 g/mol. The van der Waals surface area contributed by atoms with Gasteiger partial charge in [0, 0.05) is 31.2 Å². The maximum atomic E-state index is 14.8. The summed E-state index contributed by atoms with van der Waals surface area (Å²) in [5.74, 6) is 1.69. The third-order valence-corrected chi connectivity index (χ3v) is 9.15. The normalized spacial score (nSPS) is 10.9. The number of carbonyl (C=O) groups excluding carboxylic acids is 1. The Bertz CT molecular complexity index is 2470. The minimum atomic E-state index is -0.437. The summed E-state index contributed by atoms with van der Waals surface area (Å²) in [4.78, 5) is 26.1. The molecule has 10 nitrogen and oxygen atoms in total. The first-order valence-corrected chi connectivity index (χ1v) is 19.4. The highest BCUT2D eigenvalue weighted by molar-refractivity contribution is 5.89. The molecular formula is C49H45NO9. The van der Waals surface area contributed by atoms with Crippen molar-refractivity contribution in [3.05, 3.63) is 184 Å². The van der Waals surface area contributed by atoms with Crippen LogP contribution in [0.2, 0.25) is 0 Å². The van der Waals surface area contributed by atoms with Gasteiger partial charge in [-0.2, -0.15) is 0 Å². The zero-order chi connectivity index (χ0) is 40.7. The van der Waals surface area contributed by atoms with Gasteiger partial charge in [0.2, 0.25) is 17.1 Å². The Kier molecular flexibility index (Phi) is 13.9. The standard InChI is InChI=1S/C49H45NO9/c1-35(51)50-24-25-53-26-27-54-49-47(52)46-44(58-34-39-20-12-5-13-21-39)29-41(55-31-36-14-6-2-7-15-36)30-45(46)59-48(49)40-22-23-42(56-32-37-16-8-3-9-17-37)43(28-40)57-33-38-18-10-4-11-19-38/h2-23,28-30H,24-27,31-34H2,1H3,(H,50,51). The Hall–Kier alpha value is -7.04. The lowest BCUT2D eigenvalue weighted by molar-refractivity contribution is -0.119. The number of nitrogens with one attached hydrogen (secondary N) is 1. The van der Waals surface area contributed by atoms with E-state index in [1.165, 1.54) is 6.92 Å². The Morgan fingerprint density at radius 3 is 1.63 bits per heavy atom. The molecule has 59 heavy (non-hydrogen) atoms. The summed E-state index contributed by atoms with van der Waals surface area (Å²) in [6, 6.07) is 47.9. The maximum absolute atomic E-state index is 14.8. The van der Waals surface area contributed by atoms with Crippen molar-refractivity contribution in [3.63, 3.8) is 0 Å². The molecule has 0 radical (unpaired) electrons. The number of hydrogen-bond acceptors (Lipinski definition) is 9. The largest absolute Gasteiger partial charge is 0.489 e. The number of hydrogen-bond donors (Lipinski definition) is 1. The number of amides is 1. The van der Waals surface area contributed by atoms with Crippen molar-refractivity contribution in [1.82, 2.24) is 5.32 Å². The summed E-state index contributed by atoms with van der Waals surface area (Å²) in [6.45, 7) is 3.33. The van der Waals surface area contributed by atoms with E-state index in [1.54, 1.807) is 30.3 Å². The van der Waals surface area contributed by atoms with Crippen molar-refractivity contribution in [2.45, 2.75) is 33.4 Å². The third kappa shape index (κ3) is 11.3. The predicted octanol–water partition coefficient (Wildman–Crippen LogP) is 9.31. The number of carbonyl (C=O) groups is 1. The Morgan fingerprint density at radius 2 is 1.07 bits per heavy atom. The second kappa shape index (κ2) is 20.4. The summed E-state index contributed by atoms with van der Waals surface area (Å²) in [6.07, 6.45) is 0. The van der Waals surface area contributed by atoms with E-state index in [1.807, 2.05) is 121 Å². The summed E-state index contributed by atoms with van der Waals surface area (Å²) in [5, 5.41) is 2.90. The first-order chi connectivity index (χ1) is 29.0. The lowest BCUT2D eigenvalue weighted by atomic mass is 10.1. The molecule has 7 rings (SSSR count). The van der Waals surface area contributed by atoms with Gasteiger partial charge < -0.3 is 38.2 Å². The van der Waals surface area contributed by atoms with E-state index < -0.39 is 5.43 Å². The summed E-state index contributed by atoms with van der Waals surface area (Å²) in [7, 11) is 0. The highest BCUT2D eigenvalue weighted by Crippen LogP contribution is 2.40. The van der Waals surface area contributed by atoms with Crippen LogP contribution in [-0.2, 0) is 36.0 Å². The molecule has 6 aromatic carbocycles. The zero-order valence-corrected chi connectivity index (χ0v) is 32.8. The van der Waals surface area contributed by atoms with E-state index in [0.29, 0.717) is 36.0 Å². The Balaban J connectivity index is 1.29. The first kappa shape index (κ1) is 40.2. The molecule has 7 aromatic rings. The molecule has 0 saturated heterocycles. The van der Waals surface area contributed by atoms with Crippen LogP contribution in [-0.4, -0.2) is 32.3 Å². The van der Waals surface area contributed by atoms with Crippen LogP contribution in [0.25, 0.3) is 22.3 Å². The van der Waals surface area contributed by atoms with Crippen LogP contribution in [0.5, 0.6) is 28.7 Å². The molecule has 0 spiro atoms. The van der Waals surface area contributed by atoms with E-state index in [2.05, 4.69) is 5.32 Å². The lowest BCUT2D eigenvalue weighted by Crippen LogP contribution is -2.25. The molecule has 0 fully saturated rings. The van der Waals surface area contributed by atoms with Gasteiger partial charge in [0.05, 0.1) is 13.2 Å². The molecule has 1 aromatic heterocycles. The maximum Gasteiger partial charge on any atom is 0.239 e. The van der Waals surface area contributed by atoms with E-state index >= 15 is 0 Å². The van der Waals surface area contributed by atoms with E-state index in [4.69, 9.17) is 32.8 Å². The van der Waals surface area contributed by atoms with Gasteiger partial charge in [-0.15, -0.1) is 0 Å². The number of fused-ring (bicyclic) bond motifs is 1. The van der Waals surface area contributed by atoms with Crippen LogP contribution in [0, 0.1) is 0 Å². The average Bonchev–Trinajstić information content (AvgIpc) is 3.27. The monoisotopic (exact) mass is 791 g/mol. The van der Waals surface area contributed by atoms with Crippen LogP contribution >= 0.6 is 0 Å². The molecule has 1 heterocycles. The topological polar surface area (TPSA) is 115 Å². The van der Waals surface area contributed by atoms with Gasteiger partial charge >= 0.3 is 0 Å². The number of ether oxygens (including phenoxy) is 6. The van der Waals surface area contributed by atoms with Crippen molar-refractivity contribution in [3.8, 4) is 40.1 Å². The molecule has 1 N–H and O–H groups in total. The van der Waals surface area contributed by atoms with Crippen LogP contribution in [0.1, 0.15) is 29.2 Å². The molecular weight excluding hydrogens is 747 g/mol. The molecule has 0 unspecified atom stereocenters.